The fourth-order valence-corrected chi connectivity index (χ4v) is 2.66. The third kappa shape index (κ3) is 3.27. The topological polar surface area (TPSA) is 59.3 Å². The van der Waals surface area contributed by atoms with E-state index in [4.69, 9.17) is 21.5 Å². The van der Waals surface area contributed by atoms with Crippen molar-refractivity contribution in [3.8, 4) is 5.75 Å². The van der Waals surface area contributed by atoms with E-state index in [0.717, 1.165) is 10.9 Å². The summed E-state index contributed by atoms with van der Waals surface area (Å²) in [6.45, 7) is 2.05. The molecule has 118 valence electrons. The molecule has 2 N–H and O–H groups in total. The van der Waals surface area contributed by atoms with Crippen molar-refractivity contribution in [2.24, 2.45) is 0 Å². The summed E-state index contributed by atoms with van der Waals surface area (Å²) in [7, 11) is 1.61. The molecular weight excluding hydrogens is 310 g/mol. The summed E-state index contributed by atoms with van der Waals surface area (Å²) >= 11 is 5.38. The van der Waals surface area contributed by atoms with Crippen molar-refractivity contribution in [3.63, 3.8) is 0 Å². The van der Waals surface area contributed by atoms with Crippen LogP contribution in [-0.2, 0) is 0 Å². The molecule has 0 radical (unpaired) electrons. The highest BCUT2D eigenvalue weighted by Gasteiger charge is 2.15. The minimum atomic E-state index is 0.0799. The molecule has 2 aromatic carbocycles. The van der Waals surface area contributed by atoms with Crippen LogP contribution in [0.2, 0.25) is 0 Å². The van der Waals surface area contributed by atoms with Gasteiger partial charge in [-0.3, -0.25) is 0 Å². The van der Waals surface area contributed by atoms with E-state index in [1.54, 1.807) is 7.11 Å². The second-order valence-electron chi connectivity index (χ2n) is 5.10. The van der Waals surface area contributed by atoms with Crippen LogP contribution in [0.15, 0.2) is 53.1 Å². The molecule has 0 bridgehead atoms. The standard InChI is InChI=1S/C17H17N3O2S/c1-11(12-7-4-3-5-8-12)18-17(23)19-16-15-13(21-2)9-6-10-14(15)22-20-16/h3-11H,1-2H3,(H2,18,19,20,23). The normalized spacial score (nSPS) is 11.9. The van der Waals surface area contributed by atoms with Gasteiger partial charge in [-0.15, -0.1) is 0 Å². The lowest BCUT2D eigenvalue weighted by molar-refractivity contribution is 0.419. The number of ether oxygens (including phenoxy) is 1. The van der Waals surface area contributed by atoms with Crippen molar-refractivity contribution < 1.29 is 9.26 Å². The Hall–Kier alpha value is -2.60. The molecule has 1 heterocycles. The summed E-state index contributed by atoms with van der Waals surface area (Å²) in [5.74, 6) is 1.22. The lowest BCUT2D eigenvalue weighted by atomic mass is 10.1. The molecule has 1 aromatic heterocycles. The van der Waals surface area contributed by atoms with Gasteiger partial charge in [0.25, 0.3) is 0 Å². The summed E-state index contributed by atoms with van der Waals surface area (Å²) in [5, 5.41) is 11.6. The fraction of sp³-hybridized carbons (Fsp3) is 0.176. The number of anilines is 1. The molecule has 0 saturated heterocycles. The van der Waals surface area contributed by atoms with Crippen LogP contribution in [0, 0.1) is 0 Å². The zero-order valence-electron chi connectivity index (χ0n) is 12.9. The van der Waals surface area contributed by atoms with Gasteiger partial charge >= 0.3 is 0 Å². The molecule has 0 aliphatic rings. The SMILES string of the molecule is COc1cccc2onc(NC(=S)NC(C)c3ccccc3)c12. The number of aromatic nitrogens is 1. The summed E-state index contributed by atoms with van der Waals surface area (Å²) in [6.07, 6.45) is 0. The second-order valence-corrected chi connectivity index (χ2v) is 5.50. The second kappa shape index (κ2) is 6.66. The van der Waals surface area contributed by atoms with Crippen molar-refractivity contribution in [2.45, 2.75) is 13.0 Å². The smallest absolute Gasteiger partial charge is 0.187 e. The van der Waals surface area contributed by atoms with E-state index in [0.29, 0.717) is 22.3 Å². The van der Waals surface area contributed by atoms with Crippen molar-refractivity contribution in [1.29, 1.82) is 0 Å². The van der Waals surface area contributed by atoms with Crippen LogP contribution in [0.3, 0.4) is 0 Å². The van der Waals surface area contributed by atoms with Crippen molar-refractivity contribution in [1.82, 2.24) is 10.5 Å². The lowest BCUT2D eigenvalue weighted by Crippen LogP contribution is -2.31. The quantitative estimate of drug-likeness (QED) is 0.709. The molecule has 0 aliphatic heterocycles. The molecule has 0 fully saturated rings. The monoisotopic (exact) mass is 327 g/mol. The summed E-state index contributed by atoms with van der Waals surface area (Å²) in [4.78, 5) is 0. The predicted octanol–water partition coefficient (Wildman–Crippen LogP) is 3.88. The summed E-state index contributed by atoms with van der Waals surface area (Å²) in [5.41, 5.74) is 1.80. The maximum Gasteiger partial charge on any atom is 0.187 e. The molecular formula is C17H17N3O2S. The number of hydrogen-bond donors (Lipinski definition) is 2. The molecule has 0 amide bonds. The molecule has 23 heavy (non-hydrogen) atoms. The van der Waals surface area contributed by atoms with Gasteiger partial charge in [0.2, 0.25) is 0 Å². The van der Waals surface area contributed by atoms with Gasteiger partial charge in [-0.1, -0.05) is 41.6 Å². The van der Waals surface area contributed by atoms with Crippen LogP contribution in [-0.4, -0.2) is 17.4 Å². The molecule has 1 unspecified atom stereocenters. The highest BCUT2D eigenvalue weighted by molar-refractivity contribution is 7.80. The Labute approximate surface area is 139 Å². The number of nitrogens with one attached hydrogen (secondary N) is 2. The van der Waals surface area contributed by atoms with Crippen molar-refractivity contribution in [2.75, 3.05) is 12.4 Å². The highest BCUT2D eigenvalue weighted by Crippen LogP contribution is 2.31. The minimum absolute atomic E-state index is 0.0799. The Morgan fingerprint density at radius 1 is 1.17 bits per heavy atom. The summed E-state index contributed by atoms with van der Waals surface area (Å²) < 4.78 is 10.7. The van der Waals surface area contributed by atoms with Crippen LogP contribution < -0.4 is 15.4 Å². The van der Waals surface area contributed by atoms with Gasteiger partial charge in [-0.2, -0.15) is 0 Å². The zero-order valence-corrected chi connectivity index (χ0v) is 13.7. The number of fused-ring (bicyclic) bond motifs is 1. The average Bonchev–Trinajstić information content (AvgIpc) is 2.98. The van der Waals surface area contributed by atoms with Gasteiger partial charge in [0.05, 0.1) is 13.2 Å². The lowest BCUT2D eigenvalue weighted by Gasteiger charge is -2.16. The molecule has 0 aliphatic carbocycles. The molecule has 0 saturated carbocycles. The van der Waals surface area contributed by atoms with Crippen molar-refractivity contribution in [3.05, 3.63) is 54.1 Å². The minimum Gasteiger partial charge on any atom is -0.496 e. The van der Waals surface area contributed by atoms with Gasteiger partial charge in [0.15, 0.2) is 16.5 Å². The first-order valence-electron chi connectivity index (χ1n) is 7.24. The Kier molecular flexibility index (Phi) is 4.43. The van der Waals surface area contributed by atoms with Gasteiger partial charge in [-0.25, -0.2) is 0 Å². The number of nitrogens with zero attached hydrogens (tertiary/aromatic N) is 1. The maximum atomic E-state index is 5.38. The first-order valence-corrected chi connectivity index (χ1v) is 7.64. The van der Waals surface area contributed by atoms with Gasteiger partial charge < -0.3 is 19.9 Å². The Morgan fingerprint density at radius 2 is 1.96 bits per heavy atom. The maximum absolute atomic E-state index is 5.38. The number of benzene rings is 2. The van der Waals surface area contributed by atoms with E-state index in [1.165, 1.54) is 0 Å². The van der Waals surface area contributed by atoms with Gasteiger partial charge in [0.1, 0.15) is 11.1 Å². The number of methoxy groups -OCH3 is 1. The predicted molar refractivity (Wildman–Crippen MR) is 94.8 cm³/mol. The third-order valence-electron chi connectivity index (χ3n) is 3.56. The first kappa shape index (κ1) is 15.3. The first-order chi connectivity index (χ1) is 11.2. The van der Waals surface area contributed by atoms with Crippen molar-refractivity contribution >= 4 is 34.1 Å². The summed E-state index contributed by atoms with van der Waals surface area (Å²) in [6, 6.07) is 15.7. The number of thiocarbonyl (C=S) groups is 1. The average molecular weight is 327 g/mol. The van der Waals surface area contributed by atoms with E-state index in [-0.39, 0.29) is 6.04 Å². The third-order valence-corrected chi connectivity index (χ3v) is 3.78. The highest BCUT2D eigenvalue weighted by atomic mass is 32.1. The van der Waals surface area contributed by atoms with E-state index >= 15 is 0 Å². The molecule has 3 rings (SSSR count). The largest absolute Gasteiger partial charge is 0.496 e. The van der Waals surface area contributed by atoms with Crippen LogP contribution >= 0.6 is 12.2 Å². The van der Waals surface area contributed by atoms with Gasteiger partial charge in [0, 0.05) is 0 Å². The zero-order chi connectivity index (χ0) is 16.2. The van der Waals surface area contributed by atoms with Crippen LogP contribution in [0.4, 0.5) is 5.82 Å². The molecule has 6 heteroatoms. The number of hydrogen-bond acceptors (Lipinski definition) is 4. The fourth-order valence-electron chi connectivity index (χ4n) is 2.38. The molecule has 1 atom stereocenters. The Morgan fingerprint density at radius 3 is 2.70 bits per heavy atom. The molecule has 3 aromatic rings. The number of rotatable bonds is 4. The van der Waals surface area contributed by atoms with E-state index in [2.05, 4.69) is 27.9 Å². The Bertz CT molecular complexity index is 817. The van der Waals surface area contributed by atoms with E-state index in [1.807, 2.05) is 43.3 Å². The van der Waals surface area contributed by atoms with Crippen LogP contribution in [0.5, 0.6) is 5.75 Å². The molecule has 5 nitrogen and oxygen atoms in total. The Balaban J connectivity index is 1.76. The van der Waals surface area contributed by atoms with Gasteiger partial charge in [-0.05, 0) is 36.8 Å². The van der Waals surface area contributed by atoms with E-state index < -0.39 is 0 Å². The van der Waals surface area contributed by atoms with Crippen LogP contribution in [0.25, 0.3) is 11.0 Å². The van der Waals surface area contributed by atoms with E-state index in [9.17, 15) is 0 Å². The molecule has 0 spiro atoms. The van der Waals surface area contributed by atoms with Crippen LogP contribution in [0.1, 0.15) is 18.5 Å².